The third kappa shape index (κ3) is 3.65. The minimum Gasteiger partial charge on any atom is -0.503 e. The summed E-state index contributed by atoms with van der Waals surface area (Å²) in [5.74, 6) is -1.15. The lowest BCUT2D eigenvalue weighted by Crippen LogP contribution is -2.32. The summed E-state index contributed by atoms with van der Waals surface area (Å²) in [6, 6.07) is 16.7. The van der Waals surface area contributed by atoms with E-state index in [-0.39, 0.29) is 11.4 Å². The van der Waals surface area contributed by atoms with Crippen molar-refractivity contribution in [1.29, 1.82) is 0 Å². The molecule has 3 rings (SSSR count). The number of nitrogens with zero attached hydrogens (tertiary/aromatic N) is 1. The van der Waals surface area contributed by atoms with Crippen molar-refractivity contribution in [3.63, 3.8) is 0 Å². The molecule has 1 amide bonds. The van der Waals surface area contributed by atoms with E-state index >= 15 is 0 Å². The normalized spacial score (nSPS) is 17.6. The summed E-state index contributed by atoms with van der Waals surface area (Å²) >= 11 is 0. The number of carbonyl (C=O) groups is 2. The van der Waals surface area contributed by atoms with Crippen LogP contribution < -0.4 is 0 Å². The molecule has 0 bridgehead atoms. The molecule has 2 aromatic carbocycles. The van der Waals surface area contributed by atoms with Crippen LogP contribution in [0.15, 0.2) is 65.9 Å². The van der Waals surface area contributed by atoms with Gasteiger partial charge in [0.25, 0.3) is 5.91 Å². The largest absolute Gasteiger partial charge is 0.503 e. The van der Waals surface area contributed by atoms with Crippen LogP contribution in [-0.4, -0.2) is 21.7 Å². The minimum absolute atomic E-state index is 0.187. The number of aliphatic hydroxyl groups is 1. The maximum atomic E-state index is 13.1. The van der Waals surface area contributed by atoms with E-state index in [0.29, 0.717) is 6.54 Å². The molecule has 1 heterocycles. The highest BCUT2D eigenvalue weighted by Gasteiger charge is 2.45. The smallest absolute Gasteiger partial charge is 0.290 e. The fourth-order valence-corrected chi connectivity index (χ4v) is 3.33. The third-order valence-corrected chi connectivity index (χ3v) is 4.82. The lowest BCUT2D eigenvalue weighted by molar-refractivity contribution is -0.130. The number of benzene rings is 2. The summed E-state index contributed by atoms with van der Waals surface area (Å²) in [5, 5.41) is 10.6. The predicted octanol–water partition coefficient (Wildman–Crippen LogP) is 4.51. The monoisotopic (exact) mass is 363 g/mol. The molecule has 1 unspecified atom stereocenters. The van der Waals surface area contributed by atoms with Gasteiger partial charge in [-0.05, 0) is 18.1 Å². The zero-order valence-electron chi connectivity index (χ0n) is 16.2. The molecule has 27 heavy (non-hydrogen) atoms. The quantitative estimate of drug-likeness (QED) is 0.870. The number of amides is 1. The highest BCUT2D eigenvalue weighted by molar-refractivity contribution is 6.10. The molecule has 0 aliphatic carbocycles. The number of aliphatic hydroxyl groups excluding tert-OH is 1. The van der Waals surface area contributed by atoms with Gasteiger partial charge < -0.3 is 10.0 Å². The lowest BCUT2D eigenvalue weighted by atomic mass is 9.82. The average molecular weight is 363 g/mol. The Bertz CT molecular complexity index is 889. The maximum Gasteiger partial charge on any atom is 0.290 e. The van der Waals surface area contributed by atoms with Gasteiger partial charge in [0.15, 0.2) is 11.5 Å². The molecule has 4 nitrogen and oxygen atoms in total. The highest BCUT2D eigenvalue weighted by Crippen LogP contribution is 2.41. The SMILES string of the molecule is Cc1ccc(C2C(C(=O)C(C)(C)C)=C(O)C(=O)N2Cc2ccccc2)cc1. The second-order valence-corrected chi connectivity index (χ2v) is 8.07. The second kappa shape index (κ2) is 7.03. The number of hydrogen-bond donors (Lipinski definition) is 1. The third-order valence-electron chi connectivity index (χ3n) is 4.82. The van der Waals surface area contributed by atoms with E-state index in [1.165, 1.54) is 0 Å². The number of hydrogen-bond acceptors (Lipinski definition) is 3. The molecule has 1 atom stereocenters. The van der Waals surface area contributed by atoms with Crippen molar-refractivity contribution in [3.05, 3.63) is 82.6 Å². The first-order valence-corrected chi connectivity index (χ1v) is 9.09. The Morgan fingerprint density at radius 3 is 2.19 bits per heavy atom. The van der Waals surface area contributed by atoms with Gasteiger partial charge in [0.05, 0.1) is 11.6 Å². The number of aryl methyl sites for hydroxylation is 1. The van der Waals surface area contributed by atoms with Gasteiger partial charge in [-0.3, -0.25) is 9.59 Å². The Morgan fingerprint density at radius 1 is 1.04 bits per heavy atom. The molecule has 0 fully saturated rings. The number of Topliss-reactive ketones (excluding diaryl/α,β-unsaturated/α-hetero) is 1. The number of rotatable bonds is 4. The minimum atomic E-state index is -0.699. The topological polar surface area (TPSA) is 57.6 Å². The van der Waals surface area contributed by atoms with Gasteiger partial charge in [-0.1, -0.05) is 80.9 Å². The summed E-state index contributed by atoms with van der Waals surface area (Å²) in [6.45, 7) is 7.70. The first-order valence-electron chi connectivity index (χ1n) is 9.09. The average Bonchev–Trinajstić information content (AvgIpc) is 2.87. The van der Waals surface area contributed by atoms with Crippen LogP contribution in [0, 0.1) is 12.3 Å². The standard InChI is InChI=1S/C23H25NO3/c1-15-10-12-17(13-11-15)19-18(21(26)23(2,3)4)20(25)22(27)24(19)14-16-8-6-5-7-9-16/h5-13,19,25H,14H2,1-4H3. The van der Waals surface area contributed by atoms with E-state index in [4.69, 9.17) is 0 Å². The van der Waals surface area contributed by atoms with Crippen molar-refractivity contribution in [1.82, 2.24) is 4.90 Å². The fraction of sp³-hybridized carbons (Fsp3) is 0.304. The van der Waals surface area contributed by atoms with Crippen LogP contribution in [-0.2, 0) is 16.1 Å². The van der Waals surface area contributed by atoms with E-state index in [2.05, 4.69) is 0 Å². The van der Waals surface area contributed by atoms with Crippen molar-refractivity contribution in [3.8, 4) is 0 Å². The maximum absolute atomic E-state index is 13.1. The molecular weight excluding hydrogens is 338 g/mol. The van der Waals surface area contributed by atoms with E-state index in [9.17, 15) is 14.7 Å². The Labute approximate surface area is 160 Å². The van der Waals surface area contributed by atoms with Gasteiger partial charge in [0, 0.05) is 12.0 Å². The first kappa shape index (κ1) is 18.9. The van der Waals surface area contributed by atoms with Crippen LogP contribution in [0.2, 0.25) is 0 Å². The molecule has 0 saturated heterocycles. The number of ketones is 1. The van der Waals surface area contributed by atoms with Gasteiger partial charge in [0.1, 0.15) is 0 Å². The molecular formula is C23H25NO3. The molecule has 0 spiro atoms. The zero-order valence-corrected chi connectivity index (χ0v) is 16.2. The van der Waals surface area contributed by atoms with Crippen molar-refractivity contribution >= 4 is 11.7 Å². The summed E-state index contributed by atoms with van der Waals surface area (Å²) < 4.78 is 0. The molecule has 1 aliphatic rings. The Hall–Kier alpha value is -2.88. The molecule has 1 N–H and O–H groups in total. The lowest BCUT2D eigenvalue weighted by Gasteiger charge is -2.29. The van der Waals surface area contributed by atoms with Gasteiger partial charge in [-0.2, -0.15) is 0 Å². The van der Waals surface area contributed by atoms with Crippen LogP contribution >= 0.6 is 0 Å². The predicted molar refractivity (Wildman–Crippen MR) is 105 cm³/mol. The summed E-state index contributed by atoms with van der Waals surface area (Å²) in [7, 11) is 0. The van der Waals surface area contributed by atoms with E-state index in [1.807, 2.05) is 61.5 Å². The first-order chi connectivity index (χ1) is 12.7. The van der Waals surface area contributed by atoms with Crippen molar-refractivity contribution < 1.29 is 14.7 Å². The molecule has 140 valence electrons. The molecule has 2 aromatic rings. The van der Waals surface area contributed by atoms with E-state index < -0.39 is 23.1 Å². The Morgan fingerprint density at radius 2 is 1.63 bits per heavy atom. The van der Waals surface area contributed by atoms with E-state index in [1.54, 1.807) is 25.7 Å². The Balaban J connectivity index is 2.09. The van der Waals surface area contributed by atoms with Crippen LogP contribution in [0.1, 0.15) is 43.5 Å². The van der Waals surface area contributed by atoms with Crippen LogP contribution in [0.4, 0.5) is 0 Å². The fourth-order valence-electron chi connectivity index (χ4n) is 3.33. The summed E-state index contributed by atoms with van der Waals surface area (Å²) in [4.78, 5) is 27.5. The van der Waals surface area contributed by atoms with Crippen LogP contribution in [0.3, 0.4) is 0 Å². The summed E-state index contributed by atoms with van der Waals surface area (Å²) in [6.07, 6.45) is 0. The molecule has 0 saturated carbocycles. The van der Waals surface area contributed by atoms with Gasteiger partial charge in [-0.25, -0.2) is 0 Å². The summed E-state index contributed by atoms with van der Waals surface area (Å²) in [5.41, 5.74) is 2.35. The molecule has 0 radical (unpaired) electrons. The highest BCUT2D eigenvalue weighted by atomic mass is 16.3. The molecule has 1 aliphatic heterocycles. The second-order valence-electron chi connectivity index (χ2n) is 8.07. The van der Waals surface area contributed by atoms with Crippen molar-refractivity contribution in [2.24, 2.45) is 5.41 Å². The van der Waals surface area contributed by atoms with Gasteiger partial charge in [0.2, 0.25) is 0 Å². The van der Waals surface area contributed by atoms with Crippen LogP contribution in [0.25, 0.3) is 0 Å². The van der Waals surface area contributed by atoms with E-state index in [0.717, 1.165) is 16.7 Å². The number of carbonyl (C=O) groups excluding carboxylic acids is 2. The molecule has 4 heteroatoms. The van der Waals surface area contributed by atoms with Crippen LogP contribution in [0.5, 0.6) is 0 Å². The van der Waals surface area contributed by atoms with Gasteiger partial charge >= 0.3 is 0 Å². The van der Waals surface area contributed by atoms with Gasteiger partial charge in [-0.15, -0.1) is 0 Å². The van der Waals surface area contributed by atoms with Crippen molar-refractivity contribution in [2.45, 2.75) is 40.3 Å². The Kier molecular flexibility index (Phi) is 4.92. The zero-order chi connectivity index (χ0) is 19.8. The molecule has 0 aromatic heterocycles. The van der Waals surface area contributed by atoms with Crippen molar-refractivity contribution in [2.75, 3.05) is 0 Å².